The van der Waals surface area contributed by atoms with Crippen molar-refractivity contribution in [3.05, 3.63) is 0 Å². The van der Waals surface area contributed by atoms with Gasteiger partial charge in [-0.25, -0.2) is 0 Å². The summed E-state index contributed by atoms with van der Waals surface area (Å²) in [7, 11) is 2.02. The van der Waals surface area contributed by atoms with E-state index in [1.165, 1.54) is 0 Å². The van der Waals surface area contributed by atoms with Crippen LogP contribution in [-0.2, 0) is 4.79 Å². The van der Waals surface area contributed by atoms with Gasteiger partial charge in [-0.2, -0.15) is 20.3 Å². The third-order valence-corrected chi connectivity index (χ3v) is 7.12. The van der Waals surface area contributed by atoms with Crippen LogP contribution in [0.1, 0.15) is 0 Å². The van der Waals surface area contributed by atoms with Gasteiger partial charge in [0.1, 0.15) is 0 Å². The van der Waals surface area contributed by atoms with Gasteiger partial charge in [0, 0.05) is 6.54 Å². The highest BCUT2D eigenvalue weighted by atomic mass is 127. The Morgan fingerprint density at radius 3 is 2.91 bits per heavy atom. The van der Waals surface area contributed by atoms with E-state index >= 15 is 0 Å². The average Bonchev–Trinajstić information content (AvgIpc) is 1.85. The zero-order valence-corrected chi connectivity index (χ0v) is 12.5. The number of halogens is 1. The fourth-order valence-electron chi connectivity index (χ4n) is 1.37. The Morgan fingerprint density at radius 1 is 1.82 bits per heavy atom. The third kappa shape index (κ3) is 2.58. The van der Waals surface area contributed by atoms with Crippen LogP contribution in [0.4, 0.5) is 0 Å². The zero-order chi connectivity index (χ0) is 8.43. The van der Waals surface area contributed by atoms with Gasteiger partial charge in [0.15, 0.2) is 0 Å². The van der Waals surface area contributed by atoms with Crippen molar-refractivity contribution in [2.75, 3.05) is 20.1 Å². The van der Waals surface area contributed by atoms with Crippen LogP contribution in [0.3, 0.4) is 0 Å². The molecule has 1 aliphatic heterocycles. The van der Waals surface area contributed by atoms with Crippen molar-refractivity contribution in [3.63, 3.8) is 0 Å². The number of likely N-dealkylation sites (N-methyl/N-ethyl adjacent to an activating group) is 1. The van der Waals surface area contributed by atoms with Crippen molar-refractivity contribution >= 4 is 54.6 Å². The molecule has 0 spiro atoms. The van der Waals surface area contributed by atoms with Crippen LogP contribution in [0.2, 0.25) is 0 Å². The van der Waals surface area contributed by atoms with Crippen molar-refractivity contribution in [1.29, 1.82) is 0 Å². The molecule has 1 heterocycles. The molecule has 0 bridgehead atoms. The first-order valence-corrected chi connectivity index (χ1v) is 10.6. The molecule has 1 aliphatic rings. The smallest absolute Gasteiger partial charge is 0.435 e. The normalized spacial score (nSPS) is 27.3. The first kappa shape index (κ1) is 10.3. The maximum atomic E-state index is 11.4. The summed E-state index contributed by atoms with van der Waals surface area (Å²) in [5.41, 5.74) is 0. The van der Waals surface area contributed by atoms with E-state index in [-0.39, 0.29) is 12.2 Å². The lowest BCUT2D eigenvalue weighted by Crippen LogP contribution is -2.55. The lowest BCUT2D eigenvalue weighted by Gasteiger charge is -2.38. The molecule has 1 atom stereocenters. The molecule has 60 valence electrons. The van der Waals surface area contributed by atoms with E-state index in [0.717, 1.165) is 22.8 Å². The standard InChI is InChI=1S/C5H8N2O.2Al.HI.3H/c1-7-3-2-6-5(8)4-7;;;;;;/h2H,3-4H2,1H3;;;1H;;;/q-1;;+2;;;;/p-1. The van der Waals surface area contributed by atoms with E-state index in [1.54, 1.807) is 0 Å². The SMILES string of the molecule is CN1CC(=O)[N]([AlH][I])[CH]([AlH2])C1. The fraction of sp³-hybridized carbons (Fsp3) is 0.800. The summed E-state index contributed by atoms with van der Waals surface area (Å²) in [6.45, 7) is 1.72. The Bertz CT molecular complexity index is 169. The summed E-state index contributed by atoms with van der Waals surface area (Å²) in [5.74, 6) is 0.347. The minimum atomic E-state index is -0.288. The van der Waals surface area contributed by atoms with Crippen LogP contribution in [0.15, 0.2) is 0 Å². The quantitative estimate of drug-likeness (QED) is 0.431. The molecule has 6 heteroatoms. The molecule has 1 fully saturated rings. The molecule has 0 aromatic rings. The summed E-state index contributed by atoms with van der Waals surface area (Å²) in [6.07, 6.45) is 0. The van der Waals surface area contributed by atoms with Crippen molar-refractivity contribution in [1.82, 2.24) is 8.78 Å². The Hall–Kier alpha value is 1.22. The van der Waals surface area contributed by atoms with Gasteiger partial charge in [-0.15, -0.1) is 0 Å². The highest BCUT2D eigenvalue weighted by Gasteiger charge is 2.26. The van der Waals surface area contributed by atoms with Crippen LogP contribution >= 0.6 is 20.3 Å². The maximum absolute atomic E-state index is 11.4. The van der Waals surface area contributed by atoms with Crippen molar-refractivity contribution in [2.45, 2.75) is 4.90 Å². The van der Waals surface area contributed by atoms with Crippen molar-refractivity contribution in [2.24, 2.45) is 0 Å². The van der Waals surface area contributed by atoms with E-state index in [9.17, 15) is 4.79 Å². The molecule has 3 nitrogen and oxygen atoms in total. The predicted molar refractivity (Wildman–Crippen MR) is 57.8 cm³/mol. The molecule has 0 N–H and O–H groups in total. The van der Waals surface area contributed by atoms with Crippen molar-refractivity contribution in [3.8, 4) is 0 Å². The molecule has 0 saturated carbocycles. The fourth-order valence-corrected chi connectivity index (χ4v) is 8.80. The van der Waals surface area contributed by atoms with Crippen LogP contribution in [0.5, 0.6) is 0 Å². The summed E-state index contributed by atoms with van der Waals surface area (Å²) < 4.78 is 2.12. The molecule has 11 heavy (non-hydrogen) atoms. The summed E-state index contributed by atoms with van der Waals surface area (Å²) >= 11 is 3.22. The maximum Gasteiger partial charge on any atom is 0.481 e. The molecule has 0 aliphatic carbocycles. The first-order valence-electron chi connectivity index (χ1n) is 3.69. The van der Waals surface area contributed by atoms with Gasteiger partial charge < -0.3 is 3.88 Å². The number of piperazine rings is 1. The van der Waals surface area contributed by atoms with Gasteiger partial charge in [-0.3, -0.25) is 9.69 Å². The average molecular weight is 296 g/mol. The second-order valence-corrected chi connectivity index (χ2v) is 7.33. The Kier molecular flexibility index (Phi) is 4.18. The second-order valence-electron chi connectivity index (χ2n) is 3.03. The molecule has 0 aromatic heterocycles. The number of carbonyl (C=O) groups excluding carboxylic acids is 1. The number of rotatable bonds is 1. The minimum Gasteiger partial charge on any atom is -0.435 e. The van der Waals surface area contributed by atoms with Crippen LogP contribution in [0.25, 0.3) is 0 Å². The summed E-state index contributed by atoms with van der Waals surface area (Å²) in [6, 6.07) is 0. The van der Waals surface area contributed by atoms with Gasteiger partial charge in [0.2, 0.25) is 22.2 Å². The lowest BCUT2D eigenvalue weighted by molar-refractivity contribution is -0.130. The van der Waals surface area contributed by atoms with Crippen LogP contribution < -0.4 is 0 Å². The highest BCUT2D eigenvalue weighted by Crippen LogP contribution is 2.06. The van der Waals surface area contributed by atoms with Gasteiger partial charge in [0.05, 0.1) is 6.54 Å². The Labute approximate surface area is 92.5 Å². The summed E-state index contributed by atoms with van der Waals surface area (Å²) in [4.78, 5) is 14.1. The van der Waals surface area contributed by atoms with Crippen LogP contribution in [0, 0.1) is 0 Å². The Morgan fingerprint density at radius 2 is 2.45 bits per heavy atom. The van der Waals surface area contributed by atoms with E-state index < -0.39 is 0 Å². The van der Waals surface area contributed by atoms with Crippen LogP contribution in [-0.4, -0.2) is 68.2 Å². The molecule has 1 saturated heterocycles. The van der Waals surface area contributed by atoms with Gasteiger partial charge in [-0.05, 0) is 12.0 Å². The zero-order valence-electron chi connectivity index (χ0n) is 6.88. The highest BCUT2D eigenvalue weighted by molar-refractivity contribution is 14.1. The number of hydrogen-bond donors (Lipinski definition) is 0. The molecular weight excluding hydrogens is 285 g/mol. The first-order chi connectivity index (χ1) is 5.15. The minimum absolute atomic E-state index is 0.288. The molecule has 0 aromatic carbocycles. The van der Waals surface area contributed by atoms with Gasteiger partial charge in [-0.1, -0.05) is 0 Å². The third-order valence-electron chi connectivity index (χ3n) is 1.96. The molecule has 1 unspecified atom stereocenters. The van der Waals surface area contributed by atoms with E-state index in [2.05, 4.69) is 29.1 Å². The molecular formula is C5H11Al2IN2O. The van der Waals surface area contributed by atoms with E-state index in [0.29, 0.717) is 17.4 Å². The second kappa shape index (κ2) is 4.46. The molecule has 0 radical (unpaired) electrons. The molecule has 1 rings (SSSR count). The lowest BCUT2D eigenvalue weighted by atomic mass is 10.4. The Balaban J connectivity index is 2.59. The predicted octanol–water partition coefficient (Wildman–Crippen LogP) is -1.58. The number of nitrogens with zero attached hydrogens (tertiary/aromatic N) is 2. The number of amides is 1. The number of carbonyl (C=O) groups is 1. The van der Waals surface area contributed by atoms with Crippen molar-refractivity contribution < 1.29 is 4.79 Å². The monoisotopic (exact) mass is 296 g/mol. The summed E-state index contributed by atoms with van der Waals surface area (Å²) in [5, 5.41) is 0. The van der Waals surface area contributed by atoms with Gasteiger partial charge >= 0.3 is 12.2 Å². The van der Waals surface area contributed by atoms with E-state index in [1.807, 2.05) is 7.05 Å². The number of hydrogen-bond acceptors (Lipinski definition) is 2. The topological polar surface area (TPSA) is 23.6 Å². The largest absolute Gasteiger partial charge is 0.481 e. The van der Waals surface area contributed by atoms with E-state index in [4.69, 9.17) is 0 Å². The van der Waals surface area contributed by atoms with Gasteiger partial charge in [0.25, 0.3) is 0 Å². The molecule has 1 amide bonds.